The van der Waals surface area contributed by atoms with Gasteiger partial charge in [-0.1, -0.05) is 12.1 Å². The molecular formula is C19H13FN4O5S. The molecule has 0 bridgehead atoms. The van der Waals surface area contributed by atoms with E-state index >= 15 is 0 Å². The molecular weight excluding hydrogens is 415 g/mol. The standard InChI is InChI=1S/C19H13FN4O5S/c1-30(26,27)13-5-2-11(3-6-13)16-17(29-10-22-16)18(25)24-19-23-15(9-28-19)14-7-4-12(20)8-21-14/h2-10H,1H3,(H,23,24,25). The van der Waals surface area contributed by atoms with Crippen molar-refractivity contribution in [3.63, 3.8) is 0 Å². The number of amides is 1. The molecule has 0 radical (unpaired) electrons. The van der Waals surface area contributed by atoms with E-state index in [1.54, 1.807) is 0 Å². The molecule has 9 nitrogen and oxygen atoms in total. The zero-order valence-electron chi connectivity index (χ0n) is 15.4. The van der Waals surface area contributed by atoms with Gasteiger partial charge in [-0.25, -0.2) is 17.8 Å². The molecule has 4 aromatic rings. The normalized spacial score (nSPS) is 11.4. The molecule has 0 aliphatic carbocycles. The van der Waals surface area contributed by atoms with E-state index in [0.29, 0.717) is 17.0 Å². The quantitative estimate of drug-likeness (QED) is 0.513. The fourth-order valence-electron chi connectivity index (χ4n) is 2.60. The minimum absolute atomic E-state index is 0.109. The maximum absolute atomic E-state index is 13.0. The number of rotatable bonds is 5. The molecule has 3 aromatic heterocycles. The molecule has 1 N–H and O–H groups in total. The SMILES string of the molecule is CS(=O)(=O)c1ccc(-c2ncoc2C(=O)Nc2nc(-c3ccc(F)cn3)co2)cc1. The number of carbonyl (C=O) groups excluding carboxylic acids is 1. The number of hydrogen-bond acceptors (Lipinski definition) is 8. The Balaban J connectivity index is 1.54. The van der Waals surface area contributed by atoms with Crippen LogP contribution in [-0.4, -0.2) is 35.5 Å². The van der Waals surface area contributed by atoms with Gasteiger partial charge in [0.1, 0.15) is 23.5 Å². The second kappa shape index (κ2) is 7.52. The summed E-state index contributed by atoms with van der Waals surface area (Å²) >= 11 is 0. The van der Waals surface area contributed by atoms with Crippen molar-refractivity contribution in [1.82, 2.24) is 15.0 Å². The van der Waals surface area contributed by atoms with E-state index in [4.69, 9.17) is 8.83 Å². The van der Waals surface area contributed by atoms with Crippen LogP contribution in [0.1, 0.15) is 10.6 Å². The third kappa shape index (κ3) is 3.96. The number of benzene rings is 1. The number of nitrogens with zero attached hydrogens (tertiary/aromatic N) is 3. The van der Waals surface area contributed by atoms with Crippen molar-refractivity contribution < 1.29 is 26.4 Å². The van der Waals surface area contributed by atoms with Crippen molar-refractivity contribution in [2.75, 3.05) is 11.6 Å². The van der Waals surface area contributed by atoms with Crippen molar-refractivity contribution in [1.29, 1.82) is 0 Å². The van der Waals surface area contributed by atoms with Crippen molar-refractivity contribution in [2.45, 2.75) is 4.90 Å². The van der Waals surface area contributed by atoms with E-state index in [2.05, 4.69) is 20.3 Å². The summed E-state index contributed by atoms with van der Waals surface area (Å²) in [5.41, 5.74) is 1.39. The molecule has 3 heterocycles. The Kier molecular flexibility index (Phi) is 4.88. The summed E-state index contributed by atoms with van der Waals surface area (Å²) in [6.07, 6.45) is 4.50. The summed E-state index contributed by atoms with van der Waals surface area (Å²) in [5.74, 6) is -1.27. The average Bonchev–Trinajstić information content (AvgIpc) is 3.38. The number of aromatic nitrogens is 3. The van der Waals surface area contributed by atoms with E-state index < -0.39 is 21.6 Å². The van der Waals surface area contributed by atoms with Crippen molar-refractivity contribution in [3.05, 3.63) is 66.8 Å². The molecule has 152 valence electrons. The van der Waals surface area contributed by atoms with Crippen LogP contribution in [0.25, 0.3) is 22.6 Å². The minimum atomic E-state index is -3.35. The van der Waals surface area contributed by atoms with Crippen molar-refractivity contribution in [2.24, 2.45) is 0 Å². The Bertz CT molecular complexity index is 1310. The Labute approximate surface area is 169 Å². The van der Waals surface area contributed by atoms with Crippen molar-refractivity contribution >= 4 is 21.8 Å². The Morgan fingerprint density at radius 1 is 1.03 bits per heavy atom. The molecule has 0 saturated carbocycles. The number of sulfone groups is 1. The second-order valence-corrected chi connectivity index (χ2v) is 8.20. The Morgan fingerprint density at radius 3 is 2.47 bits per heavy atom. The Morgan fingerprint density at radius 2 is 1.80 bits per heavy atom. The molecule has 0 unspecified atom stereocenters. The number of carbonyl (C=O) groups is 1. The summed E-state index contributed by atoms with van der Waals surface area (Å²) in [5, 5.41) is 2.44. The first-order valence-corrected chi connectivity index (χ1v) is 10.3. The Hall–Kier alpha value is -3.86. The lowest BCUT2D eigenvalue weighted by molar-refractivity contribution is 0.0994. The molecule has 4 rings (SSSR count). The van der Waals surface area contributed by atoms with E-state index in [9.17, 15) is 17.6 Å². The van der Waals surface area contributed by atoms with Gasteiger partial charge in [0.25, 0.3) is 5.91 Å². The summed E-state index contributed by atoms with van der Waals surface area (Å²) < 4.78 is 46.6. The highest BCUT2D eigenvalue weighted by Crippen LogP contribution is 2.25. The molecule has 30 heavy (non-hydrogen) atoms. The lowest BCUT2D eigenvalue weighted by Crippen LogP contribution is -2.12. The van der Waals surface area contributed by atoms with Gasteiger partial charge >= 0.3 is 6.01 Å². The fourth-order valence-corrected chi connectivity index (χ4v) is 3.23. The van der Waals surface area contributed by atoms with Gasteiger partial charge < -0.3 is 8.83 Å². The third-order valence-corrected chi connectivity index (χ3v) is 5.17. The van der Waals surface area contributed by atoms with Crippen molar-refractivity contribution in [3.8, 4) is 22.6 Å². The molecule has 1 aromatic carbocycles. The smallest absolute Gasteiger partial charge is 0.302 e. The van der Waals surface area contributed by atoms with Gasteiger partial charge in [-0.15, -0.1) is 0 Å². The predicted molar refractivity (Wildman–Crippen MR) is 103 cm³/mol. The summed E-state index contributed by atoms with van der Waals surface area (Å²) in [6, 6.07) is 8.41. The topological polar surface area (TPSA) is 128 Å². The third-order valence-electron chi connectivity index (χ3n) is 4.04. The molecule has 11 heteroatoms. The van der Waals surface area contributed by atoms with Crippen LogP contribution in [0.2, 0.25) is 0 Å². The summed E-state index contributed by atoms with van der Waals surface area (Å²) in [4.78, 5) is 24.7. The number of hydrogen-bond donors (Lipinski definition) is 1. The van der Waals surface area contributed by atoms with Crippen LogP contribution in [-0.2, 0) is 9.84 Å². The molecule has 0 aliphatic heterocycles. The predicted octanol–water partition coefficient (Wildman–Crippen LogP) is 3.19. The summed E-state index contributed by atoms with van der Waals surface area (Å²) in [6.45, 7) is 0. The average molecular weight is 428 g/mol. The van der Waals surface area contributed by atoms with Gasteiger partial charge in [-0.05, 0) is 24.3 Å². The number of pyridine rings is 1. The maximum Gasteiger partial charge on any atom is 0.302 e. The van der Waals surface area contributed by atoms with E-state index in [1.165, 1.54) is 42.7 Å². The molecule has 0 spiro atoms. The second-order valence-electron chi connectivity index (χ2n) is 6.18. The molecule has 0 atom stereocenters. The fraction of sp³-hybridized carbons (Fsp3) is 0.0526. The first kappa shape index (κ1) is 19.5. The van der Waals surface area contributed by atoms with Gasteiger partial charge in [0, 0.05) is 11.8 Å². The maximum atomic E-state index is 13.0. The molecule has 0 aliphatic rings. The number of nitrogens with one attached hydrogen (secondary N) is 1. The summed E-state index contributed by atoms with van der Waals surface area (Å²) in [7, 11) is -3.35. The van der Waals surface area contributed by atoms with E-state index in [-0.39, 0.29) is 22.4 Å². The van der Waals surface area contributed by atoms with Gasteiger partial charge in [-0.2, -0.15) is 4.98 Å². The van der Waals surface area contributed by atoms with Crippen LogP contribution in [0.15, 0.2) is 69.0 Å². The number of halogens is 1. The highest BCUT2D eigenvalue weighted by molar-refractivity contribution is 7.90. The van der Waals surface area contributed by atoms with Crippen LogP contribution in [0.5, 0.6) is 0 Å². The lowest BCUT2D eigenvalue weighted by atomic mass is 10.1. The zero-order valence-corrected chi connectivity index (χ0v) is 16.2. The number of anilines is 1. The van der Waals surface area contributed by atoms with Gasteiger partial charge in [-0.3, -0.25) is 15.1 Å². The first-order chi connectivity index (χ1) is 14.3. The minimum Gasteiger partial charge on any atom is -0.438 e. The van der Waals surface area contributed by atoms with Gasteiger partial charge in [0.05, 0.1) is 16.8 Å². The van der Waals surface area contributed by atoms with E-state index in [0.717, 1.165) is 18.8 Å². The van der Waals surface area contributed by atoms with Gasteiger partial charge in [0.15, 0.2) is 16.2 Å². The molecule has 1 amide bonds. The molecule has 0 saturated heterocycles. The number of oxazole rings is 2. The van der Waals surface area contributed by atoms with Gasteiger partial charge in [0.2, 0.25) is 5.76 Å². The van der Waals surface area contributed by atoms with Crippen LogP contribution in [0.3, 0.4) is 0 Å². The van der Waals surface area contributed by atoms with Crippen LogP contribution >= 0.6 is 0 Å². The largest absolute Gasteiger partial charge is 0.438 e. The molecule has 0 fully saturated rings. The zero-order chi connectivity index (χ0) is 21.3. The van der Waals surface area contributed by atoms with Crippen LogP contribution in [0.4, 0.5) is 10.4 Å². The lowest BCUT2D eigenvalue weighted by Gasteiger charge is -2.03. The van der Waals surface area contributed by atoms with Crippen LogP contribution < -0.4 is 5.32 Å². The highest BCUT2D eigenvalue weighted by Gasteiger charge is 2.21. The first-order valence-electron chi connectivity index (χ1n) is 8.44. The monoisotopic (exact) mass is 428 g/mol. The highest BCUT2D eigenvalue weighted by atomic mass is 32.2. The van der Waals surface area contributed by atoms with Crippen LogP contribution in [0, 0.1) is 5.82 Å². The van der Waals surface area contributed by atoms with E-state index in [1.807, 2.05) is 0 Å².